The molecule has 13 heteroatoms. The number of nitrogens with one attached hydrogen (secondary N) is 2. The van der Waals surface area contributed by atoms with E-state index in [4.69, 9.17) is 5.11 Å². The van der Waals surface area contributed by atoms with Crippen LogP contribution in [0.4, 0.5) is 20.4 Å². The molecule has 0 radical (unpaired) electrons. The zero-order valence-electron chi connectivity index (χ0n) is 15.8. The van der Waals surface area contributed by atoms with Crippen LogP contribution in [0.1, 0.15) is 12.0 Å². The number of rotatable bonds is 10. The van der Waals surface area contributed by atoms with Crippen molar-refractivity contribution in [3.8, 4) is 0 Å². The quantitative estimate of drug-likeness (QED) is 0.307. The van der Waals surface area contributed by atoms with Gasteiger partial charge in [-0.2, -0.15) is 12.7 Å². The first-order valence-electron chi connectivity index (χ1n) is 9.04. The van der Waals surface area contributed by atoms with Crippen LogP contribution in [-0.4, -0.2) is 65.2 Å². The molecular formula is C17H21F2N5O4S2. The fourth-order valence-corrected chi connectivity index (χ4v) is 4.52. The second-order valence-corrected chi connectivity index (χ2v) is 9.11. The van der Waals surface area contributed by atoms with Gasteiger partial charge in [0.05, 0.1) is 12.7 Å². The Labute approximate surface area is 176 Å². The topological polar surface area (TPSA) is 128 Å². The molecule has 0 amide bonds. The van der Waals surface area contributed by atoms with Gasteiger partial charge in [-0.25, -0.2) is 18.7 Å². The Kier molecular flexibility index (Phi) is 7.41. The molecule has 164 valence electrons. The lowest BCUT2D eigenvalue weighted by atomic mass is 10.2. The predicted molar refractivity (Wildman–Crippen MR) is 108 cm³/mol. The van der Waals surface area contributed by atoms with E-state index in [1.807, 2.05) is 0 Å². The van der Waals surface area contributed by atoms with Gasteiger partial charge in [-0.05, 0) is 12.5 Å². The molecule has 1 aliphatic rings. The standard InChI is InChI=1S/C17H21F2N5O4S2/c18-13-4-1-3-11(16(13)19)10-29-17-21-14(20-8-12(26)9-25)7-15(22-17)23-30(27,28)24-5-2-6-24/h1,3-4,7,12,25-26H,2,5-6,8-10H2,(H2,20,21,22,23)/t12-/m1/s1. The van der Waals surface area contributed by atoms with E-state index in [0.717, 1.165) is 24.2 Å². The molecule has 0 unspecified atom stereocenters. The van der Waals surface area contributed by atoms with Gasteiger partial charge >= 0.3 is 10.2 Å². The summed E-state index contributed by atoms with van der Waals surface area (Å²) >= 11 is 0.990. The predicted octanol–water partition coefficient (Wildman–Crippen LogP) is 1.17. The van der Waals surface area contributed by atoms with Crippen LogP contribution in [0, 0.1) is 11.6 Å². The number of halogens is 2. The second kappa shape index (κ2) is 9.83. The van der Waals surface area contributed by atoms with Gasteiger partial charge in [0.2, 0.25) is 0 Å². The smallest absolute Gasteiger partial charge is 0.302 e. The zero-order valence-corrected chi connectivity index (χ0v) is 17.4. The summed E-state index contributed by atoms with van der Waals surface area (Å²) in [6, 6.07) is 5.17. The summed E-state index contributed by atoms with van der Waals surface area (Å²) in [6.45, 7) is 0.324. The maximum Gasteiger partial charge on any atom is 0.302 e. The maximum atomic E-state index is 13.9. The van der Waals surface area contributed by atoms with Crippen molar-refractivity contribution in [2.24, 2.45) is 0 Å². The number of aliphatic hydroxyl groups excluding tert-OH is 2. The molecule has 0 aliphatic carbocycles. The lowest BCUT2D eigenvalue weighted by Gasteiger charge is -2.29. The van der Waals surface area contributed by atoms with Crippen molar-refractivity contribution in [3.05, 3.63) is 41.5 Å². The molecule has 0 spiro atoms. The zero-order chi connectivity index (χ0) is 21.7. The molecule has 4 N–H and O–H groups in total. The van der Waals surface area contributed by atoms with Gasteiger partial charge in [0.25, 0.3) is 0 Å². The molecule has 2 aromatic rings. The number of thioether (sulfide) groups is 1. The Morgan fingerprint density at radius 1 is 1.23 bits per heavy atom. The highest BCUT2D eigenvalue weighted by atomic mass is 32.2. The molecule has 0 bridgehead atoms. The van der Waals surface area contributed by atoms with Gasteiger partial charge in [-0.1, -0.05) is 23.9 Å². The first-order chi connectivity index (χ1) is 14.3. The van der Waals surface area contributed by atoms with E-state index in [2.05, 4.69) is 20.0 Å². The summed E-state index contributed by atoms with van der Waals surface area (Å²) < 4.78 is 55.6. The van der Waals surface area contributed by atoms with Crippen LogP contribution < -0.4 is 10.0 Å². The van der Waals surface area contributed by atoms with E-state index in [9.17, 15) is 22.3 Å². The maximum absolute atomic E-state index is 13.9. The summed E-state index contributed by atoms with van der Waals surface area (Å²) in [6.07, 6.45) is -0.268. The molecule has 1 aromatic heterocycles. The Balaban J connectivity index is 1.80. The molecule has 1 fully saturated rings. The lowest BCUT2D eigenvalue weighted by Crippen LogP contribution is -2.45. The minimum Gasteiger partial charge on any atom is -0.394 e. The number of hydrogen-bond acceptors (Lipinski definition) is 8. The summed E-state index contributed by atoms with van der Waals surface area (Å²) in [5.74, 6) is -1.74. The van der Waals surface area contributed by atoms with Crippen LogP contribution in [0.25, 0.3) is 0 Å². The van der Waals surface area contributed by atoms with Crippen molar-refractivity contribution in [2.45, 2.75) is 23.4 Å². The number of aliphatic hydroxyl groups is 2. The van der Waals surface area contributed by atoms with Crippen LogP contribution in [0.5, 0.6) is 0 Å². The van der Waals surface area contributed by atoms with Gasteiger partial charge in [-0.15, -0.1) is 0 Å². The fraction of sp³-hybridized carbons (Fsp3) is 0.412. The highest BCUT2D eigenvalue weighted by Gasteiger charge is 2.28. The Morgan fingerprint density at radius 3 is 2.63 bits per heavy atom. The molecule has 1 saturated heterocycles. The molecule has 30 heavy (non-hydrogen) atoms. The number of nitrogens with zero attached hydrogens (tertiary/aromatic N) is 3. The molecule has 0 saturated carbocycles. The third-order valence-corrected chi connectivity index (χ3v) is 6.62. The van der Waals surface area contributed by atoms with Crippen molar-refractivity contribution in [2.75, 3.05) is 36.3 Å². The first-order valence-corrected chi connectivity index (χ1v) is 11.5. The normalized spacial score (nSPS) is 15.5. The monoisotopic (exact) mass is 461 g/mol. The van der Waals surface area contributed by atoms with E-state index in [-0.39, 0.29) is 34.7 Å². The van der Waals surface area contributed by atoms with Crippen molar-refractivity contribution < 1.29 is 27.4 Å². The molecule has 1 aromatic carbocycles. The number of hydrogen-bond donors (Lipinski definition) is 4. The largest absolute Gasteiger partial charge is 0.394 e. The third-order valence-electron chi connectivity index (χ3n) is 4.21. The van der Waals surface area contributed by atoms with E-state index < -0.39 is 34.6 Å². The minimum atomic E-state index is -3.77. The Hall–Kier alpha value is -2.06. The highest BCUT2D eigenvalue weighted by molar-refractivity contribution is 7.98. The Morgan fingerprint density at radius 2 is 1.97 bits per heavy atom. The molecule has 1 aliphatic heterocycles. The highest BCUT2D eigenvalue weighted by Crippen LogP contribution is 2.26. The molecule has 3 rings (SSSR count). The van der Waals surface area contributed by atoms with Crippen molar-refractivity contribution in [1.82, 2.24) is 14.3 Å². The molecule has 9 nitrogen and oxygen atoms in total. The SMILES string of the molecule is O=S(=O)(Nc1cc(NC[C@@H](O)CO)nc(SCc2cccc(F)c2F)n1)N1CCC1. The van der Waals surface area contributed by atoms with E-state index in [1.54, 1.807) is 0 Å². The summed E-state index contributed by atoms with van der Waals surface area (Å²) in [4.78, 5) is 8.34. The van der Waals surface area contributed by atoms with E-state index in [0.29, 0.717) is 13.1 Å². The van der Waals surface area contributed by atoms with Crippen LogP contribution >= 0.6 is 11.8 Å². The second-order valence-electron chi connectivity index (χ2n) is 6.50. The van der Waals surface area contributed by atoms with Gasteiger partial charge in [0, 0.05) is 37.0 Å². The lowest BCUT2D eigenvalue weighted by molar-refractivity contribution is 0.105. The van der Waals surface area contributed by atoms with Crippen LogP contribution in [0.2, 0.25) is 0 Å². The van der Waals surface area contributed by atoms with E-state index in [1.165, 1.54) is 22.5 Å². The van der Waals surface area contributed by atoms with Crippen molar-refractivity contribution in [1.29, 1.82) is 0 Å². The van der Waals surface area contributed by atoms with Gasteiger partial charge < -0.3 is 15.5 Å². The van der Waals surface area contributed by atoms with E-state index >= 15 is 0 Å². The van der Waals surface area contributed by atoms with Crippen LogP contribution in [0.15, 0.2) is 29.4 Å². The van der Waals surface area contributed by atoms with Crippen molar-refractivity contribution in [3.63, 3.8) is 0 Å². The number of aromatic nitrogens is 2. The minimum absolute atomic E-state index is 0.0138. The van der Waals surface area contributed by atoms with Gasteiger partial charge in [0.15, 0.2) is 16.8 Å². The fourth-order valence-electron chi connectivity index (χ4n) is 2.45. The van der Waals surface area contributed by atoms with Crippen LogP contribution in [0.3, 0.4) is 0 Å². The van der Waals surface area contributed by atoms with Crippen molar-refractivity contribution >= 4 is 33.6 Å². The van der Waals surface area contributed by atoms with Gasteiger partial charge in [-0.3, -0.25) is 4.72 Å². The summed E-state index contributed by atoms with van der Waals surface area (Å²) in [5, 5.41) is 21.3. The molecule has 2 heterocycles. The first kappa shape index (κ1) is 22.6. The Bertz CT molecular complexity index is 992. The summed E-state index contributed by atoms with van der Waals surface area (Å²) in [7, 11) is -3.77. The van der Waals surface area contributed by atoms with Crippen LogP contribution in [-0.2, 0) is 16.0 Å². The molecular weight excluding hydrogens is 440 g/mol. The number of anilines is 2. The average Bonchev–Trinajstić information content (AvgIpc) is 2.65. The third kappa shape index (κ3) is 5.76. The summed E-state index contributed by atoms with van der Waals surface area (Å²) in [5.41, 5.74) is 0.111. The average molecular weight is 462 g/mol. The number of benzene rings is 1. The van der Waals surface area contributed by atoms with Gasteiger partial charge in [0.1, 0.15) is 11.6 Å². The molecule has 1 atom stereocenters.